The maximum absolute atomic E-state index is 11.1. The van der Waals surface area contributed by atoms with Crippen molar-refractivity contribution in [3.63, 3.8) is 0 Å². The molecule has 1 unspecified atom stereocenters. The zero-order valence-corrected chi connectivity index (χ0v) is 13.3. The summed E-state index contributed by atoms with van der Waals surface area (Å²) in [5.74, 6) is 0.156. The highest BCUT2D eigenvalue weighted by Gasteiger charge is 2.18. The van der Waals surface area contributed by atoms with Gasteiger partial charge in [0.05, 0.1) is 16.5 Å². The molecule has 1 N–H and O–H groups in total. The molecule has 1 atom stereocenters. The Hall–Kier alpha value is -0.460. The number of hydrogen-bond acceptors (Lipinski definition) is 5. The Kier molecular flexibility index (Phi) is 4.91. The van der Waals surface area contributed by atoms with Crippen LogP contribution in [0.2, 0.25) is 0 Å². The Bertz CT molecular complexity index is 486. The normalized spacial score (nSPS) is 14.7. The maximum Gasteiger partial charge on any atom is 0.148 e. The second-order valence-electron chi connectivity index (χ2n) is 5.77. The molecule has 0 aliphatic heterocycles. The zero-order valence-electron chi connectivity index (χ0n) is 11.6. The van der Waals surface area contributed by atoms with Crippen LogP contribution in [0.15, 0.2) is 5.38 Å². The minimum Gasteiger partial charge on any atom is -0.308 e. The van der Waals surface area contributed by atoms with Crippen molar-refractivity contribution in [1.29, 1.82) is 0 Å². The van der Waals surface area contributed by atoms with Gasteiger partial charge in [0.15, 0.2) is 0 Å². The van der Waals surface area contributed by atoms with E-state index in [4.69, 9.17) is 0 Å². The molecular formula is C12H22N2O2S2. The molecule has 1 aromatic heterocycles. The van der Waals surface area contributed by atoms with Crippen molar-refractivity contribution in [2.24, 2.45) is 0 Å². The van der Waals surface area contributed by atoms with E-state index >= 15 is 0 Å². The molecule has 0 radical (unpaired) electrons. The van der Waals surface area contributed by atoms with E-state index in [9.17, 15) is 8.42 Å². The molecule has 1 rings (SSSR count). The molecular weight excluding hydrogens is 268 g/mol. The molecule has 0 bridgehead atoms. The molecule has 1 heterocycles. The third kappa shape index (κ3) is 5.46. The number of hydrogen-bond donors (Lipinski definition) is 1. The lowest BCUT2D eigenvalue weighted by molar-refractivity contribution is 0.551. The lowest BCUT2D eigenvalue weighted by Crippen LogP contribution is -2.32. The van der Waals surface area contributed by atoms with Gasteiger partial charge < -0.3 is 5.32 Å². The third-order valence-electron chi connectivity index (χ3n) is 2.38. The first kappa shape index (κ1) is 15.6. The summed E-state index contributed by atoms with van der Waals surface area (Å²) in [6.07, 6.45) is 1.26. The van der Waals surface area contributed by atoms with Crippen LogP contribution < -0.4 is 5.32 Å². The third-order valence-corrected chi connectivity index (χ3v) is 4.80. The van der Waals surface area contributed by atoms with E-state index in [1.165, 1.54) is 6.26 Å². The first-order valence-corrected chi connectivity index (χ1v) is 8.88. The van der Waals surface area contributed by atoms with Gasteiger partial charge in [0, 0.05) is 29.6 Å². The first-order valence-electron chi connectivity index (χ1n) is 5.94. The van der Waals surface area contributed by atoms with Gasteiger partial charge in [0.2, 0.25) is 0 Å². The minimum absolute atomic E-state index is 0.0558. The lowest BCUT2D eigenvalue weighted by Gasteiger charge is -2.14. The highest BCUT2D eigenvalue weighted by Crippen LogP contribution is 2.25. The largest absolute Gasteiger partial charge is 0.308 e. The monoisotopic (exact) mass is 290 g/mol. The zero-order chi connectivity index (χ0) is 14.0. The Morgan fingerprint density at radius 2 is 2.06 bits per heavy atom. The molecule has 0 saturated carbocycles. The molecule has 0 aliphatic carbocycles. The van der Waals surface area contributed by atoms with Gasteiger partial charge in [-0.1, -0.05) is 20.8 Å². The summed E-state index contributed by atoms with van der Waals surface area (Å²) >= 11 is 1.65. The summed E-state index contributed by atoms with van der Waals surface area (Å²) < 4.78 is 22.3. The van der Waals surface area contributed by atoms with E-state index in [1.54, 1.807) is 11.3 Å². The predicted molar refractivity (Wildman–Crippen MR) is 76.8 cm³/mol. The van der Waals surface area contributed by atoms with Crippen LogP contribution in [-0.2, 0) is 21.8 Å². The SMILES string of the molecule is CC(CS(C)(=O)=O)NCc1csc(C(C)(C)C)n1. The molecule has 0 spiro atoms. The molecule has 18 heavy (non-hydrogen) atoms. The second-order valence-corrected chi connectivity index (χ2v) is 8.81. The number of rotatable bonds is 5. The highest BCUT2D eigenvalue weighted by atomic mass is 32.2. The minimum atomic E-state index is -2.93. The Morgan fingerprint density at radius 1 is 1.44 bits per heavy atom. The Labute approximate surface area is 114 Å². The van der Waals surface area contributed by atoms with Crippen molar-refractivity contribution >= 4 is 21.2 Å². The second kappa shape index (κ2) is 5.67. The molecule has 0 saturated heterocycles. The van der Waals surface area contributed by atoms with Crippen molar-refractivity contribution in [2.45, 2.75) is 45.7 Å². The molecule has 0 aromatic carbocycles. The summed E-state index contributed by atoms with van der Waals surface area (Å²) in [6.45, 7) is 8.89. The molecule has 4 nitrogen and oxygen atoms in total. The van der Waals surface area contributed by atoms with Gasteiger partial charge in [0.25, 0.3) is 0 Å². The van der Waals surface area contributed by atoms with Gasteiger partial charge in [-0.2, -0.15) is 0 Å². The summed E-state index contributed by atoms with van der Waals surface area (Å²) in [5, 5.41) is 6.32. The topological polar surface area (TPSA) is 59.1 Å². The average Bonchev–Trinajstić information content (AvgIpc) is 2.59. The van der Waals surface area contributed by atoms with Gasteiger partial charge in [-0.25, -0.2) is 13.4 Å². The van der Waals surface area contributed by atoms with Crippen LogP contribution in [0.1, 0.15) is 38.4 Å². The smallest absolute Gasteiger partial charge is 0.148 e. The Balaban J connectivity index is 2.52. The first-order chi connectivity index (χ1) is 8.08. The fourth-order valence-electron chi connectivity index (χ4n) is 1.52. The highest BCUT2D eigenvalue weighted by molar-refractivity contribution is 7.90. The van der Waals surface area contributed by atoms with Crippen molar-refractivity contribution < 1.29 is 8.42 Å². The Morgan fingerprint density at radius 3 is 2.50 bits per heavy atom. The fraction of sp³-hybridized carbons (Fsp3) is 0.750. The summed E-state index contributed by atoms with van der Waals surface area (Å²) in [7, 11) is -2.93. The van der Waals surface area contributed by atoms with Gasteiger partial charge in [-0.3, -0.25) is 0 Å². The lowest BCUT2D eigenvalue weighted by atomic mass is 9.98. The van der Waals surface area contributed by atoms with Gasteiger partial charge in [-0.15, -0.1) is 11.3 Å². The van der Waals surface area contributed by atoms with Crippen LogP contribution in [0.4, 0.5) is 0 Å². The van der Waals surface area contributed by atoms with E-state index in [2.05, 4.69) is 31.1 Å². The van der Waals surface area contributed by atoms with Crippen LogP contribution in [0, 0.1) is 0 Å². The van der Waals surface area contributed by atoms with Crippen LogP contribution in [0.5, 0.6) is 0 Å². The predicted octanol–water partition coefficient (Wildman–Crippen LogP) is 1.96. The van der Waals surface area contributed by atoms with Crippen LogP contribution >= 0.6 is 11.3 Å². The molecule has 6 heteroatoms. The molecule has 1 aromatic rings. The van der Waals surface area contributed by atoms with Crippen LogP contribution in [0.25, 0.3) is 0 Å². The summed E-state index contributed by atoms with van der Waals surface area (Å²) in [4.78, 5) is 4.56. The molecule has 0 amide bonds. The van der Waals surface area contributed by atoms with Crippen LogP contribution in [0.3, 0.4) is 0 Å². The maximum atomic E-state index is 11.1. The van der Waals surface area contributed by atoms with Crippen molar-refractivity contribution in [2.75, 3.05) is 12.0 Å². The van der Waals surface area contributed by atoms with E-state index in [0.29, 0.717) is 6.54 Å². The van der Waals surface area contributed by atoms with Crippen molar-refractivity contribution in [3.05, 3.63) is 16.1 Å². The van der Waals surface area contributed by atoms with E-state index in [-0.39, 0.29) is 17.2 Å². The van der Waals surface area contributed by atoms with E-state index in [0.717, 1.165) is 10.7 Å². The van der Waals surface area contributed by atoms with Gasteiger partial charge in [0.1, 0.15) is 9.84 Å². The number of nitrogens with one attached hydrogen (secondary N) is 1. The van der Waals surface area contributed by atoms with Crippen LogP contribution in [-0.4, -0.2) is 31.5 Å². The van der Waals surface area contributed by atoms with Crippen molar-refractivity contribution in [3.8, 4) is 0 Å². The number of sulfone groups is 1. The van der Waals surface area contributed by atoms with E-state index < -0.39 is 9.84 Å². The summed E-state index contributed by atoms with van der Waals surface area (Å²) in [6, 6.07) is -0.0558. The quantitative estimate of drug-likeness (QED) is 0.900. The van der Waals surface area contributed by atoms with Gasteiger partial charge in [-0.05, 0) is 6.92 Å². The number of thiazole rings is 1. The fourth-order valence-corrected chi connectivity index (χ4v) is 3.46. The standard InChI is InChI=1S/C12H22N2O2S2/c1-9(8-18(5,15)16)13-6-10-7-17-11(14-10)12(2,3)4/h7,9,13H,6,8H2,1-5H3. The number of aromatic nitrogens is 1. The number of nitrogens with zero attached hydrogens (tertiary/aromatic N) is 1. The molecule has 0 fully saturated rings. The van der Waals surface area contributed by atoms with Gasteiger partial charge >= 0.3 is 0 Å². The molecule has 0 aliphatic rings. The van der Waals surface area contributed by atoms with Crippen molar-refractivity contribution in [1.82, 2.24) is 10.3 Å². The molecule has 104 valence electrons. The summed E-state index contributed by atoms with van der Waals surface area (Å²) in [5.41, 5.74) is 1.05. The van der Waals surface area contributed by atoms with E-state index in [1.807, 2.05) is 12.3 Å². The average molecular weight is 290 g/mol.